The highest BCUT2D eigenvalue weighted by atomic mass is 15.3. The van der Waals surface area contributed by atoms with Gasteiger partial charge in [0.15, 0.2) is 0 Å². The quantitative estimate of drug-likeness (QED) is 0.941. The monoisotopic (exact) mass is 295 g/mol. The first kappa shape index (κ1) is 15.1. The Morgan fingerprint density at radius 2 is 1.55 bits per heavy atom. The van der Waals surface area contributed by atoms with Crippen molar-refractivity contribution in [3.8, 4) is 0 Å². The second-order valence-electron chi connectivity index (χ2n) is 6.02. The highest BCUT2D eigenvalue weighted by Gasteiger charge is 2.24. The molecule has 1 atom stereocenters. The highest BCUT2D eigenvalue weighted by molar-refractivity contribution is 5.46. The van der Waals surface area contributed by atoms with Gasteiger partial charge in [0.2, 0.25) is 0 Å². The molecule has 0 unspecified atom stereocenters. The zero-order valence-electron chi connectivity index (χ0n) is 13.3. The van der Waals surface area contributed by atoms with Crippen LogP contribution in [0, 0.1) is 6.92 Å². The molecule has 2 N–H and O–H groups in total. The van der Waals surface area contributed by atoms with Gasteiger partial charge in [-0.2, -0.15) is 0 Å². The Morgan fingerprint density at radius 3 is 2.14 bits per heavy atom. The van der Waals surface area contributed by atoms with Gasteiger partial charge in [-0.3, -0.25) is 4.90 Å². The number of anilines is 1. The van der Waals surface area contributed by atoms with Crippen LogP contribution in [0.3, 0.4) is 0 Å². The van der Waals surface area contributed by atoms with Crippen LogP contribution in [0.1, 0.15) is 17.2 Å². The van der Waals surface area contributed by atoms with Crippen molar-refractivity contribution in [2.45, 2.75) is 13.0 Å². The predicted octanol–water partition coefficient (Wildman–Crippen LogP) is 2.82. The molecule has 3 rings (SSSR count). The topological polar surface area (TPSA) is 32.5 Å². The number of aryl methyl sites for hydroxylation is 1. The summed E-state index contributed by atoms with van der Waals surface area (Å²) in [6, 6.07) is 19.8. The van der Waals surface area contributed by atoms with Gasteiger partial charge < -0.3 is 10.6 Å². The molecule has 0 aliphatic carbocycles. The van der Waals surface area contributed by atoms with Gasteiger partial charge in [0.05, 0.1) is 0 Å². The van der Waals surface area contributed by atoms with Gasteiger partial charge in [0.1, 0.15) is 0 Å². The van der Waals surface area contributed by atoms with Gasteiger partial charge in [0.25, 0.3) is 0 Å². The number of hydrogen-bond donors (Lipinski definition) is 1. The summed E-state index contributed by atoms with van der Waals surface area (Å²) in [5, 5.41) is 0. The largest absolute Gasteiger partial charge is 0.369 e. The third-order valence-electron chi connectivity index (χ3n) is 4.56. The number of rotatable bonds is 4. The van der Waals surface area contributed by atoms with Crippen molar-refractivity contribution >= 4 is 5.69 Å². The molecule has 1 aliphatic heterocycles. The van der Waals surface area contributed by atoms with Crippen molar-refractivity contribution in [2.75, 3.05) is 37.6 Å². The molecule has 3 nitrogen and oxygen atoms in total. The van der Waals surface area contributed by atoms with Crippen LogP contribution in [-0.4, -0.2) is 37.6 Å². The normalized spacial score (nSPS) is 17.5. The minimum Gasteiger partial charge on any atom is -0.369 e. The fourth-order valence-electron chi connectivity index (χ4n) is 3.22. The molecule has 0 radical (unpaired) electrons. The van der Waals surface area contributed by atoms with Gasteiger partial charge in [-0.1, -0.05) is 48.0 Å². The van der Waals surface area contributed by atoms with Gasteiger partial charge in [-0.25, -0.2) is 0 Å². The third-order valence-corrected chi connectivity index (χ3v) is 4.56. The number of piperazine rings is 1. The summed E-state index contributed by atoms with van der Waals surface area (Å²) in [6.07, 6.45) is 0. The molecule has 0 aromatic heterocycles. The van der Waals surface area contributed by atoms with Crippen LogP contribution in [0.15, 0.2) is 54.6 Å². The van der Waals surface area contributed by atoms with E-state index in [1.807, 2.05) is 0 Å². The van der Waals surface area contributed by atoms with E-state index in [1.54, 1.807) is 0 Å². The number of hydrogen-bond acceptors (Lipinski definition) is 3. The molecule has 1 heterocycles. The second-order valence-corrected chi connectivity index (χ2v) is 6.02. The zero-order chi connectivity index (χ0) is 15.4. The van der Waals surface area contributed by atoms with E-state index in [9.17, 15) is 0 Å². The molecular formula is C19H25N3. The molecular weight excluding hydrogens is 270 g/mol. The number of benzene rings is 2. The molecule has 0 amide bonds. The predicted molar refractivity (Wildman–Crippen MR) is 93.2 cm³/mol. The maximum absolute atomic E-state index is 6.06. The van der Waals surface area contributed by atoms with Crippen molar-refractivity contribution in [1.82, 2.24) is 4.90 Å². The summed E-state index contributed by atoms with van der Waals surface area (Å²) in [4.78, 5) is 4.98. The van der Waals surface area contributed by atoms with E-state index in [4.69, 9.17) is 5.73 Å². The second kappa shape index (κ2) is 6.95. The zero-order valence-corrected chi connectivity index (χ0v) is 13.3. The molecule has 2 aromatic rings. The third kappa shape index (κ3) is 3.32. The summed E-state index contributed by atoms with van der Waals surface area (Å²) >= 11 is 0. The maximum atomic E-state index is 6.06. The van der Waals surface area contributed by atoms with E-state index < -0.39 is 0 Å². The van der Waals surface area contributed by atoms with Crippen LogP contribution in [0.4, 0.5) is 5.69 Å². The lowest BCUT2D eigenvalue weighted by atomic mass is 10.0. The Morgan fingerprint density at radius 1 is 0.909 bits per heavy atom. The summed E-state index contributed by atoms with van der Waals surface area (Å²) in [6.45, 7) is 7.04. The van der Waals surface area contributed by atoms with E-state index in [1.165, 1.54) is 16.8 Å². The van der Waals surface area contributed by atoms with Gasteiger partial charge >= 0.3 is 0 Å². The number of nitrogens with zero attached hydrogens (tertiary/aromatic N) is 2. The maximum Gasteiger partial charge on any atom is 0.0471 e. The van der Waals surface area contributed by atoms with Gasteiger partial charge in [-0.05, 0) is 24.6 Å². The summed E-state index contributed by atoms with van der Waals surface area (Å²) in [7, 11) is 0. The van der Waals surface area contributed by atoms with Crippen LogP contribution < -0.4 is 10.6 Å². The van der Waals surface area contributed by atoms with E-state index in [2.05, 4.69) is 71.3 Å². The summed E-state index contributed by atoms with van der Waals surface area (Å²) in [5.74, 6) is 0. The van der Waals surface area contributed by atoms with E-state index in [0.29, 0.717) is 12.6 Å². The summed E-state index contributed by atoms with van der Waals surface area (Å²) in [5.41, 5.74) is 10.0. The molecule has 0 spiro atoms. The fourth-order valence-corrected chi connectivity index (χ4v) is 3.22. The smallest absolute Gasteiger partial charge is 0.0471 e. The van der Waals surface area contributed by atoms with E-state index in [0.717, 1.165) is 26.2 Å². The molecule has 0 bridgehead atoms. The van der Waals surface area contributed by atoms with Crippen molar-refractivity contribution in [2.24, 2.45) is 5.73 Å². The van der Waals surface area contributed by atoms with Crippen molar-refractivity contribution in [3.05, 3.63) is 65.7 Å². The van der Waals surface area contributed by atoms with Crippen LogP contribution >= 0.6 is 0 Å². The Bertz CT molecular complexity index is 571. The minimum atomic E-state index is 0.332. The lowest BCUT2D eigenvalue weighted by molar-refractivity contribution is 0.190. The molecule has 1 fully saturated rings. The molecule has 2 aromatic carbocycles. The minimum absolute atomic E-state index is 0.332. The molecule has 1 saturated heterocycles. The SMILES string of the molecule is Cc1ccc([C@@H](CN)N2CCN(c3ccccc3)CC2)cc1. The fraction of sp³-hybridized carbons (Fsp3) is 0.368. The average molecular weight is 295 g/mol. The van der Waals surface area contributed by atoms with Crippen molar-refractivity contribution in [3.63, 3.8) is 0 Å². The van der Waals surface area contributed by atoms with Crippen LogP contribution in [0.5, 0.6) is 0 Å². The first-order chi connectivity index (χ1) is 10.8. The van der Waals surface area contributed by atoms with Crippen LogP contribution in [0.25, 0.3) is 0 Å². The van der Waals surface area contributed by atoms with E-state index >= 15 is 0 Å². The lowest BCUT2D eigenvalue weighted by Gasteiger charge is -2.40. The van der Waals surface area contributed by atoms with Crippen molar-refractivity contribution < 1.29 is 0 Å². The Labute approximate surface area is 133 Å². The highest BCUT2D eigenvalue weighted by Crippen LogP contribution is 2.23. The molecule has 0 saturated carbocycles. The first-order valence-electron chi connectivity index (χ1n) is 8.08. The van der Waals surface area contributed by atoms with Crippen LogP contribution in [0.2, 0.25) is 0 Å². The Kier molecular flexibility index (Phi) is 4.76. The van der Waals surface area contributed by atoms with E-state index in [-0.39, 0.29) is 0 Å². The van der Waals surface area contributed by atoms with Gasteiger partial charge in [0, 0.05) is 44.5 Å². The number of para-hydroxylation sites is 1. The lowest BCUT2D eigenvalue weighted by Crippen LogP contribution is -2.49. The molecule has 116 valence electrons. The molecule has 1 aliphatic rings. The van der Waals surface area contributed by atoms with Crippen molar-refractivity contribution in [1.29, 1.82) is 0 Å². The first-order valence-corrected chi connectivity index (χ1v) is 8.08. The van der Waals surface area contributed by atoms with Crippen LogP contribution in [-0.2, 0) is 0 Å². The Hall–Kier alpha value is -1.84. The number of nitrogens with two attached hydrogens (primary N) is 1. The Balaban J connectivity index is 1.65. The standard InChI is InChI=1S/C19H25N3/c1-16-7-9-17(10-8-16)19(15-20)22-13-11-21(12-14-22)18-5-3-2-4-6-18/h2-10,19H,11-15,20H2,1H3/t19-/m1/s1. The molecule has 22 heavy (non-hydrogen) atoms. The average Bonchev–Trinajstić information content (AvgIpc) is 2.59. The summed E-state index contributed by atoms with van der Waals surface area (Å²) < 4.78 is 0. The van der Waals surface area contributed by atoms with Gasteiger partial charge in [-0.15, -0.1) is 0 Å². The molecule has 3 heteroatoms.